The summed E-state index contributed by atoms with van der Waals surface area (Å²) < 4.78 is 16.0. The van der Waals surface area contributed by atoms with Gasteiger partial charge in [-0.05, 0) is 12.1 Å². The minimum atomic E-state index is -0.202. The number of nitrogens with zero attached hydrogens (tertiary/aromatic N) is 1. The summed E-state index contributed by atoms with van der Waals surface area (Å²) in [4.78, 5) is 12.6. The van der Waals surface area contributed by atoms with E-state index < -0.39 is 0 Å². The van der Waals surface area contributed by atoms with Crippen molar-refractivity contribution in [2.24, 2.45) is 0 Å². The number of rotatable bonds is 6. The zero-order valence-corrected chi connectivity index (χ0v) is 14.3. The molecule has 7 heteroatoms. The van der Waals surface area contributed by atoms with Gasteiger partial charge in [-0.3, -0.25) is 9.89 Å². The molecule has 2 aromatic carbocycles. The van der Waals surface area contributed by atoms with Gasteiger partial charge in [0.1, 0.15) is 5.75 Å². The molecule has 1 aromatic heterocycles. The minimum Gasteiger partial charge on any atom is -0.496 e. The number of amides is 1. The van der Waals surface area contributed by atoms with Crippen LogP contribution in [0.2, 0.25) is 0 Å². The molecule has 3 aromatic rings. The summed E-state index contributed by atoms with van der Waals surface area (Å²) >= 11 is 0. The summed E-state index contributed by atoms with van der Waals surface area (Å²) in [5.41, 5.74) is 2.03. The van der Waals surface area contributed by atoms with Crippen LogP contribution in [0.4, 0.5) is 0 Å². The van der Waals surface area contributed by atoms with Crippen LogP contribution in [0.15, 0.2) is 36.5 Å². The maximum atomic E-state index is 12.6. The van der Waals surface area contributed by atoms with Gasteiger partial charge in [-0.15, -0.1) is 0 Å². The van der Waals surface area contributed by atoms with Crippen molar-refractivity contribution >= 4 is 16.8 Å². The van der Waals surface area contributed by atoms with Crippen molar-refractivity contribution in [3.05, 3.63) is 47.7 Å². The fourth-order valence-electron chi connectivity index (χ4n) is 2.66. The standard InChI is InChI=1S/C18H19N3O4/c1-23-14-8-16(25-3)15(24-2)7-12(14)9-19-18(22)13-6-4-5-11-10-20-21-17(11)13/h4-8,10H,9H2,1-3H3,(H,19,22)(H,20,21). The van der Waals surface area contributed by atoms with E-state index in [0.29, 0.717) is 28.3 Å². The molecule has 0 bridgehead atoms. The molecule has 1 heterocycles. The SMILES string of the molecule is COc1cc(OC)c(OC)cc1CNC(=O)c1cccc2cn[nH]c12. The van der Waals surface area contributed by atoms with Crippen molar-refractivity contribution in [2.75, 3.05) is 21.3 Å². The van der Waals surface area contributed by atoms with Gasteiger partial charge in [0.15, 0.2) is 11.5 Å². The first-order valence-corrected chi connectivity index (χ1v) is 7.67. The number of aromatic nitrogens is 2. The molecule has 130 valence electrons. The van der Waals surface area contributed by atoms with Gasteiger partial charge in [0.05, 0.1) is 38.6 Å². The fourth-order valence-corrected chi connectivity index (χ4v) is 2.66. The van der Waals surface area contributed by atoms with Gasteiger partial charge < -0.3 is 19.5 Å². The third-order valence-corrected chi connectivity index (χ3v) is 3.95. The lowest BCUT2D eigenvalue weighted by Gasteiger charge is -2.14. The number of carbonyl (C=O) groups is 1. The van der Waals surface area contributed by atoms with Gasteiger partial charge in [-0.1, -0.05) is 12.1 Å². The van der Waals surface area contributed by atoms with E-state index in [0.717, 1.165) is 10.9 Å². The van der Waals surface area contributed by atoms with Crippen molar-refractivity contribution in [2.45, 2.75) is 6.54 Å². The Morgan fingerprint density at radius 2 is 1.80 bits per heavy atom. The second kappa shape index (κ2) is 7.12. The number of fused-ring (bicyclic) bond motifs is 1. The van der Waals surface area contributed by atoms with Gasteiger partial charge >= 0.3 is 0 Å². The molecule has 0 fully saturated rings. The number of nitrogens with one attached hydrogen (secondary N) is 2. The number of aromatic amines is 1. The van der Waals surface area contributed by atoms with E-state index in [4.69, 9.17) is 14.2 Å². The number of carbonyl (C=O) groups excluding carboxylic acids is 1. The van der Waals surface area contributed by atoms with Gasteiger partial charge in [0, 0.05) is 23.6 Å². The number of hydrogen-bond acceptors (Lipinski definition) is 5. The van der Waals surface area contributed by atoms with Crippen LogP contribution in [0.1, 0.15) is 15.9 Å². The molecule has 7 nitrogen and oxygen atoms in total. The third kappa shape index (κ3) is 3.21. The van der Waals surface area contributed by atoms with Crippen LogP contribution < -0.4 is 19.5 Å². The Hall–Kier alpha value is -3.22. The van der Waals surface area contributed by atoms with Gasteiger partial charge in [0.2, 0.25) is 0 Å². The monoisotopic (exact) mass is 341 g/mol. The van der Waals surface area contributed by atoms with E-state index in [-0.39, 0.29) is 12.5 Å². The maximum Gasteiger partial charge on any atom is 0.253 e. The van der Waals surface area contributed by atoms with Crippen molar-refractivity contribution in [3.8, 4) is 17.2 Å². The molecule has 0 spiro atoms. The molecule has 0 saturated heterocycles. The van der Waals surface area contributed by atoms with Gasteiger partial charge in [0.25, 0.3) is 5.91 Å². The van der Waals surface area contributed by atoms with Gasteiger partial charge in [-0.2, -0.15) is 5.10 Å². The molecule has 2 N–H and O–H groups in total. The lowest BCUT2D eigenvalue weighted by Crippen LogP contribution is -2.23. The Morgan fingerprint density at radius 3 is 2.52 bits per heavy atom. The highest BCUT2D eigenvalue weighted by Crippen LogP contribution is 2.34. The molecule has 0 aliphatic heterocycles. The number of para-hydroxylation sites is 1. The topological polar surface area (TPSA) is 85.5 Å². The molecule has 0 atom stereocenters. The average molecular weight is 341 g/mol. The minimum absolute atomic E-state index is 0.202. The number of hydrogen-bond donors (Lipinski definition) is 2. The molecule has 0 aliphatic carbocycles. The van der Waals surface area contributed by atoms with E-state index in [1.54, 1.807) is 45.7 Å². The fraction of sp³-hybridized carbons (Fsp3) is 0.222. The highest BCUT2D eigenvalue weighted by Gasteiger charge is 2.15. The van der Waals surface area contributed by atoms with E-state index in [9.17, 15) is 4.79 Å². The molecule has 3 rings (SSSR count). The molecule has 1 amide bonds. The Kier molecular flexibility index (Phi) is 4.74. The predicted octanol–water partition coefficient (Wildman–Crippen LogP) is 2.52. The van der Waals surface area contributed by atoms with Crippen LogP contribution in [-0.4, -0.2) is 37.4 Å². The van der Waals surface area contributed by atoms with E-state index in [1.807, 2.05) is 12.1 Å². The normalized spacial score (nSPS) is 10.5. The summed E-state index contributed by atoms with van der Waals surface area (Å²) in [6.45, 7) is 0.285. The molecular formula is C18H19N3O4. The van der Waals surface area contributed by atoms with Crippen molar-refractivity contribution in [1.29, 1.82) is 0 Å². The summed E-state index contributed by atoms with van der Waals surface area (Å²) in [6, 6.07) is 8.99. The van der Waals surface area contributed by atoms with Crippen molar-refractivity contribution in [3.63, 3.8) is 0 Å². The highest BCUT2D eigenvalue weighted by atomic mass is 16.5. The van der Waals surface area contributed by atoms with Crippen LogP contribution in [0.25, 0.3) is 10.9 Å². The first-order chi connectivity index (χ1) is 12.2. The average Bonchev–Trinajstić information content (AvgIpc) is 3.13. The van der Waals surface area contributed by atoms with Crippen molar-refractivity contribution < 1.29 is 19.0 Å². The lowest BCUT2D eigenvalue weighted by atomic mass is 10.1. The third-order valence-electron chi connectivity index (χ3n) is 3.95. The first-order valence-electron chi connectivity index (χ1n) is 7.67. The van der Waals surface area contributed by atoms with E-state index in [1.165, 1.54) is 0 Å². The van der Waals surface area contributed by atoms with Crippen LogP contribution in [0.3, 0.4) is 0 Å². The molecule has 25 heavy (non-hydrogen) atoms. The largest absolute Gasteiger partial charge is 0.496 e. The summed E-state index contributed by atoms with van der Waals surface area (Å²) in [5, 5.41) is 10.6. The number of H-pyrrole nitrogens is 1. The van der Waals surface area contributed by atoms with Crippen LogP contribution in [0.5, 0.6) is 17.2 Å². The predicted molar refractivity (Wildman–Crippen MR) is 93.4 cm³/mol. The van der Waals surface area contributed by atoms with Crippen LogP contribution in [0, 0.1) is 0 Å². The Balaban J connectivity index is 1.83. The second-order valence-electron chi connectivity index (χ2n) is 5.34. The zero-order valence-electron chi connectivity index (χ0n) is 14.3. The zero-order chi connectivity index (χ0) is 17.8. The lowest BCUT2D eigenvalue weighted by molar-refractivity contribution is 0.0952. The van der Waals surface area contributed by atoms with Crippen LogP contribution >= 0.6 is 0 Å². The number of ether oxygens (including phenoxy) is 3. The Bertz CT molecular complexity index is 904. The van der Waals surface area contributed by atoms with E-state index in [2.05, 4.69) is 15.5 Å². The summed E-state index contributed by atoms with van der Waals surface area (Å²) in [7, 11) is 4.69. The first kappa shape index (κ1) is 16.6. The quantitative estimate of drug-likeness (QED) is 0.719. The summed E-state index contributed by atoms with van der Waals surface area (Å²) in [6.07, 6.45) is 1.68. The van der Waals surface area contributed by atoms with Gasteiger partial charge in [-0.25, -0.2) is 0 Å². The molecule has 0 aliphatic rings. The Labute approximate surface area is 144 Å². The van der Waals surface area contributed by atoms with E-state index >= 15 is 0 Å². The summed E-state index contributed by atoms with van der Waals surface area (Å²) in [5.74, 6) is 1.55. The second-order valence-corrected chi connectivity index (χ2v) is 5.34. The van der Waals surface area contributed by atoms with Crippen LogP contribution in [-0.2, 0) is 6.54 Å². The highest BCUT2D eigenvalue weighted by molar-refractivity contribution is 6.05. The maximum absolute atomic E-state index is 12.6. The number of methoxy groups -OCH3 is 3. The smallest absolute Gasteiger partial charge is 0.253 e. The number of benzene rings is 2. The van der Waals surface area contributed by atoms with Crippen molar-refractivity contribution in [1.82, 2.24) is 15.5 Å². The molecule has 0 radical (unpaired) electrons. The molecular weight excluding hydrogens is 322 g/mol. The molecule has 0 unspecified atom stereocenters. The Morgan fingerprint density at radius 1 is 1.08 bits per heavy atom. The molecule has 0 saturated carbocycles.